The van der Waals surface area contributed by atoms with Gasteiger partial charge in [-0.3, -0.25) is 0 Å². The lowest BCUT2D eigenvalue weighted by Crippen LogP contribution is -2.57. The molecule has 0 aromatic rings. The maximum absolute atomic E-state index is 6.71. The van der Waals surface area contributed by atoms with Gasteiger partial charge in [0.25, 0.3) is 0 Å². The summed E-state index contributed by atoms with van der Waals surface area (Å²) in [6, 6.07) is 4.74. The van der Waals surface area contributed by atoms with E-state index in [1.807, 2.05) is 22.8 Å². The molecule has 0 saturated carbocycles. The molecule has 0 bridgehead atoms. The third kappa shape index (κ3) is 47.3. The first kappa shape index (κ1) is 78.4. The van der Waals surface area contributed by atoms with Gasteiger partial charge in [-0.2, -0.15) is 0 Å². The predicted octanol–water partition coefficient (Wildman–Crippen LogP) is 18.1. The monoisotopic (exact) mass is 1150 g/mol. The summed E-state index contributed by atoms with van der Waals surface area (Å²) < 4.78 is 44.8. The second kappa shape index (κ2) is 30.2. The SMILES string of the molecule is C.C.C=C[Si](C)(C)C=C.C=C[Si](C)(C)CC[Si](C)(C)O[Si](C)(C)O[Si](C)(C)C.C=C[Si](C)(C)CC[Si](C)(O[Si](C)(C)C)O[Si](C)(C)O[Si](C)(C)C.C=C[Si](C)(C)O[Si](C)(C)O[Si](C)(C)C=C. The molecule has 7 nitrogen and oxygen atoms in total. The first-order valence-corrected chi connectivity index (χ1v) is 63.5. The standard InChI is InChI=1S/C15H40O3Si5.C13H34O2Si4.C10H24O2Si3.C6H12Si.2CH4/c1-13-21(8,9)14-15-23(12,17-20(5,6)7)18-22(10,11)16-19(2,3)4;1-11-17(5,6)12-13-18(7,8)15-19(9,10)14-16(2,3)4;1-9-13(3,4)11-15(7,8)12-14(5,6)10-2;1-5-7(3,4)6-2;;/h13H,1,14-15H2,2-12H3;11H,1,12-13H2,2-10H3;9-10H,1-2H2,3-8H3;5-6H,1-2H2,3-4H3;2*1H4. The van der Waals surface area contributed by atoms with E-state index in [0.29, 0.717) is 0 Å². The summed E-state index contributed by atoms with van der Waals surface area (Å²) in [5.74, 6) is 0. The number of rotatable bonds is 26. The van der Waals surface area contributed by atoms with Crippen LogP contribution in [0.15, 0.2) is 73.7 Å². The van der Waals surface area contributed by atoms with Crippen molar-refractivity contribution in [1.29, 1.82) is 0 Å². The fourth-order valence-electron chi connectivity index (χ4n) is 6.35. The van der Waals surface area contributed by atoms with Gasteiger partial charge in [0.05, 0.1) is 24.2 Å². The van der Waals surface area contributed by atoms with Gasteiger partial charge in [0, 0.05) is 0 Å². The molecule has 66 heavy (non-hydrogen) atoms. The number of hydrogen-bond donors (Lipinski definition) is 0. The van der Waals surface area contributed by atoms with Crippen LogP contribution in [-0.4, -0.2) is 108 Å². The van der Waals surface area contributed by atoms with Crippen LogP contribution in [0.4, 0.5) is 0 Å². The molecule has 0 heterocycles. The van der Waals surface area contributed by atoms with Crippen molar-refractivity contribution in [1.82, 2.24) is 0 Å². The largest absolute Gasteiger partial charge is 0.437 e. The second-order valence-electron chi connectivity index (χ2n) is 25.4. The lowest BCUT2D eigenvalue weighted by atomic mass is 10.9. The Morgan fingerprint density at radius 3 is 0.803 bits per heavy atom. The van der Waals surface area contributed by atoms with E-state index < -0.39 is 108 Å². The summed E-state index contributed by atoms with van der Waals surface area (Å²) in [5, 5.41) is 0. The van der Waals surface area contributed by atoms with Crippen LogP contribution in [0.25, 0.3) is 0 Å². The molecule has 20 heteroatoms. The summed E-state index contributed by atoms with van der Waals surface area (Å²) in [5.41, 5.74) is 12.3. The van der Waals surface area contributed by atoms with Crippen molar-refractivity contribution < 1.29 is 28.8 Å². The molecular weight excluding hydrogens is 1030 g/mol. The summed E-state index contributed by atoms with van der Waals surface area (Å²) in [4.78, 5) is 0. The average molecular weight is 1150 g/mol. The normalized spacial score (nSPS) is 14.4. The summed E-state index contributed by atoms with van der Waals surface area (Å²) in [6.07, 6.45) is 0. The predicted molar refractivity (Wildman–Crippen MR) is 340 cm³/mol. The lowest BCUT2D eigenvalue weighted by Gasteiger charge is -2.42. The van der Waals surface area contributed by atoms with Crippen molar-refractivity contribution >= 4 is 108 Å². The van der Waals surface area contributed by atoms with Crippen LogP contribution in [0.1, 0.15) is 14.9 Å². The van der Waals surface area contributed by atoms with Gasteiger partial charge in [-0.25, -0.2) is 0 Å². The molecule has 0 fully saturated rings. The molecule has 0 aromatic carbocycles. The fourth-order valence-corrected chi connectivity index (χ4v) is 57.0. The van der Waals surface area contributed by atoms with E-state index >= 15 is 0 Å². The lowest BCUT2D eigenvalue weighted by molar-refractivity contribution is 0.325. The molecule has 0 rings (SSSR count). The van der Waals surface area contributed by atoms with Crippen molar-refractivity contribution in [3.8, 4) is 0 Å². The molecule has 0 aromatic heterocycles. The van der Waals surface area contributed by atoms with Crippen LogP contribution < -0.4 is 0 Å². The minimum atomic E-state index is -2.24. The van der Waals surface area contributed by atoms with Gasteiger partial charge in [0.15, 0.2) is 49.9 Å². The highest BCUT2D eigenvalue weighted by Gasteiger charge is 2.45. The van der Waals surface area contributed by atoms with E-state index in [-0.39, 0.29) is 14.9 Å². The van der Waals surface area contributed by atoms with E-state index in [4.69, 9.17) is 28.8 Å². The highest BCUT2D eigenvalue weighted by molar-refractivity contribution is 6.92. The van der Waals surface area contributed by atoms with E-state index in [9.17, 15) is 0 Å². The van der Waals surface area contributed by atoms with Gasteiger partial charge >= 0.3 is 34.2 Å². The molecule has 0 amide bonds. The van der Waals surface area contributed by atoms with Crippen molar-refractivity contribution in [2.45, 2.75) is 222 Å². The fraction of sp³-hybridized carbons (Fsp3) is 0.739. The third-order valence-corrected chi connectivity index (χ3v) is 51.4. The van der Waals surface area contributed by atoms with Crippen LogP contribution in [-0.2, 0) is 28.8 Å². The Balaban J connectivity index is -0.000000191. The maximum Gasteiger partial charge on any atom is 0.315 e. The van der Waals surface area contributed by atoms with E-state index in [2.05, 4.69) is 234 Å². The van der Waals surface area contributed by atoms with E-state index in [1.54, 1.807) is 0 Å². The van der Waals surface area contributed by atoms with Crippen LogP contribution >= 0.6 is 0 Å². The molecule has 0 N–H and O–H groups in total. The van der Waals surface area contributed by atoms with Gasteiger partial charge in [0.1, 0.15) is 0 Å². The molecule has 1 atom stereocenters. The van der Waals surface area contributed by atoms with Crippen molar-refractivity contribution in [3.63, 3.8) is 0 Å². The van der Waals surface area contributed by atoms with Gasteiger partial charge in [-0.05, 0) is 156 Å². The second-order valence-corrected chi connectivity index (χ2v) is 80.4. The number of hydrogen-bond acceptors (Lipinski definition) is 7. The van der Waals surface area contributed by atoms with Gasteiger partial charge in [-0.1, -0.05) is 89.0 Å². The van der Waals surface area contributed by atoms with Crippen molar-refractivity contribution in [3.05, 3.63) is 73.7 Å². The minimum absolute atomic E-state index is 0. The first-order valence-electron chi connectivity index (χ1n) is 23.5. The minimum Gasteiger partial charge on any atom is -0.437 e. The molecule has 396 valence electrons. The Morgan fingerprint density at radius 2 is 0.561 bits per heavy atom. The summed E-state index contributed by atoms with van der Waals surface area (Å²) >= 11 is 0. The van der Waals surface area contributed by atoms with Crippen LogP contribution in [0.3, 0.4) is 0 Å². The van der Waals surface area contributed by atoms with Crippen molar-refractivity contribution in [2.75, 3.05) is 0 Å². The average Bonchev–Trinajstić information content (AvgIpc) is 3.02. The van der Waals surface area contributed by atoms with E-state index in [1.165, 1.54) is 18.1 Å². The molecule has 0 aliphatic rings. The maximum atomic E-state index is 6.71. The summed E-state index contributed by atoms with van der Waals surface area (Å²) in [7, 11) is -22.0. The molecule has 0 spiro atoms. The molecule has 0 aliphatic carbocycles. The molecule has 0 aliphatic heterocycles. The topological polar surface area (TPSA) is 64.6 Å². The van der Waals surface area contributed by atoms with Crippen molar-refractivity contribution in [2.24, 2.45) is 0 Å². The molecular formula is C46H118O7Si13. The van der Waals surface area contributed by atoms with Crippen LogP contribution in [0.2, 0.25) is 207 Å². The van der Waals surface area contributed by atoms with E-state index in [0.717, 1.165) is 6.04 Å². The Bertz CT molecular complexity index is 1410. The van der Waals surface area contributed by atoms with Gasteiger partial charge in [0.2, 0.25) is 0 Å². The molecule has 1 unspecified atom stereocenters. The Kier molecular flexibility index (Phi) is 35.9. The van der Waals surface area contributed by atoms with Crippen LogP contribution in [0, 0.1) is 0 Å². The zero-order valence-electron chi connectivity index (χ0n) is 47.9. The first-order chi connectivity index (χ1) is 27.7. The van der Waals surface area contributed by atoms with Gasteiger partial charge < -0.3 is 28.8 Å². The zero-order chi connectivity index (χ0) is 52.5. The zero-order valence-corrected chi connectivity index (χ0v) is 60.9. The highest BCUT2D eigenvalue weighted by Crippen LogP contribution is 2.31. The highest BCUT2D eigenvalue weighted by atomic mass is 28.5. The Labute approximate surface area is 430 Å². The quantitative estimate of drug-likeness (QED) is 0.0800. The van der Waals surface area contributed by atoms with Crippen LogP contribution in [0.5, 0.6) is 0 Å². The van der Waals surface area contributed by atoms with Gasteiger partial charge in [-0.15, -0.1) is 50.9 Å². The summed E-state index contributed by atoms with van der Waals surface area (Å²) in [6.45, 7) is 85.6. The Morgan fingerprint density at radius 1 is 0.288 bits per heavy atom. The molecule has 0 saturated heterocycles. The molecule has 0 radical (unpaired) electrons. The Hall–Kier alpha value is 0.979. The smallest absolute Gasteiger partial charge is 0.315 e. The third-order valence-electron chi connectivity index (χ3n) is 9.36.